The molecule has 1 aliphatic heterocycles. The first kappa shape index (κ1) is 17.8. The molecule has 146 valence electrons. The average Bonchev–Trinajstić information content (AvgIpc) is 3.40. The monoisotopic (exact) mass is 406 g/mol. The first-order valence-electron chi connectivity index (χ1n) is 9.51. The molecule has 1 amide bonds. The minimum Gasteiger partial charge on any atom is -0.451 e. The summed E-state index contributed by atoms with van der Waals surface area (Å²) in [7, 11) is 0. The number of hydrogen-bond donors (Lipinski definition) is 0. The maximum Gasteiger partial charge on any atom is 0.289 e. The van der Waals surface area contributed by atoms with Crippen molar-refractivity contribution in [3.05, 3.63) is 77.8 Å². The van der Waals surface area contributed by atoms with Gasteiger partial charge in [-0.15, -0.1) is 0 Å². The summed E-state index contributed by atoms with van der Waals surface area (Å²) in [5.74, 6) is 1.17. The van der Waals surface area contributed by atoms with Gasteiger partial charge in [0.05, 0.1) is 0 Å². The van der Waals surface area contributed by atoms with Crippen molar-refractivity contribution >= 4 is 34.4 Å². The largest absolute Gasteiger partial charge is 0.451 e. The van der Waals surface area contributed by atoms with Crippen molar-refractivity contribution in [3.8, 4) is 5.69 Å². The fraction of sp³-hybridized carbons (Fsp3) is 0.182. The molecule has 1 aliphatic rings. The summed E-state index contributed by atoms with van der Waals surface area (Å²) in [6, 6.07) is 17.2. The van der Waals surface area contributed by atoms with Gasteiger partial charge < -0.3 is 14.2 Å². The molecule has 2 aromatic heterocycles. The van der Waals surface area contributed by atoms with Crippen molar-refractivity contribution in [1.29, 1.82) is 0 Å². The van der Waals surface area contributed by atoms with Crippen LogP contribution < -0.4 is 4.90 Å². The van der Waals surface area contributed by atoms with Gasteiger partial charge in [-0.3, -0.25) is 9.36 Å². The number of piperazine rings is 1. The summed E-state index contributed by atoms with van der Waals surface area (Å²) in [4.78, 5) is 21.4. The zero-order valence-corrected chi connectivity index (χ0v) is 16.4. The zero-order valence-electron chi connectivity index (χ0n) is 15.7. The lowest BCUT2D eigenvalue weighted by atomic mass is 10.2. The second kappa shape index (κ2) is 7.29. The van der Waals surface area contributed by atoms with Crippen LogP contribution in [0.4, 0.5) is 5.95 Å². The first-order valence-corrected chi connectivity index (χ1v) is 9.89. The molecule has 1 fully saturated rings. The third kappa shape index (κ3) is 3.36. The number of fused-ring (bicyclic) bond motifs is 1. The van der Waals surface area contributed by atoms with Crippen molar-refractivity contribution in [3.63, 3.8) is 0 Å². The number of anilines is 1. The van der Waals surface area contributed by atoms with Crippen molar-refractivity contribution in [2.75, 3.05) is 31.1 Å². The quantitative estimate of drug-likeness (QED) is 0.510. The van der Waals surface area contributed by atoms with Gasteiger partial charge >= 0.3 is 0 Å². The second-order valence-corrected chi connectivity index (χ2v) is 7.44. The number of nitrogens with zero attached hydrogens (tertiary/aromatic N) is 4. The van der Waals surface area contributed by atoms with E-state index in [4.69, 9.17) is 16.0 Å². The topological polar surface area (TPSA) is 54.5 Å². The Morgan fingerprint density at radius 1 is 1.00 bits per heavy atom. The summed E-state index contributed by atoms with van der Waals surface area (Å²) in [5.41, 5.74) is 1.70. The normalized spacial score (nSPS) is 14.5. The van der Waals surface area contributed by atoms with Crippen LogP contribution in [-0.2, 0) is 0 Å². The Kier molecular flexibility index (Phi) is 4.48. The minimum absolute atomic E-state index is 0.0703. The van der Waals surface area contributed by atoms with E-state index in [1.165, 1.54) is 0 Å². The second-order valence-electron chi connectivity index (χ2n) is 7.00. The van der Waals surface area contributed by atoms with Gasteiger partial charge in [0.25, 0.3) is 5.91 Å². The highest BCUT2D eigenvalue weighted by atomic mass is 35.5. The first-order chi connectivity index (χ1) is 14.2. The smallest absolute Gasteiger partial charge is 0.289 e. The molecule has 0 saturated carbocycles. The van der Waals surface area contributed by atoms with E-state index < -0.39 is 0 Å². The summed E-state index contributed by atoms with van der Waals surface area (Å²) in [6.07, 6.45) is 3.70. The van der Waals surface area contributed by atoms with Gasteiger partial charge in [0.1, 0.15) is 5.58 Å². The number of halogens is 1. The van der Waals surface area contributed by atoms with E-state index in [0.717, 1.165) is 22.6 Å². The number of carbonyl (C=O) groups is 1. The van der Waals surface area contributed by atoms with Crippen LogP contribution in [0.15, 0.2) is 71.4 Å². The van der Waals surface area contributed by atoms with Crippen LogP contribution in [0.1, 0.15) is 10.6 Å². The molecule has 0 bridgehead atoms. The van der Waals surface area contributed by atoms with Crippen LogP contribution in [0.25, 0.3) is 16.7 Å². The van der Waals surface area contributed by atoms with Gasteiger partial charge in [-0.25, -0.2) is 4.98 Å². The number of hydrogen-bond acceptors (Lipinski definition) is 4. The number of benzene rings is 2. The lowest BCUT2D eigenvalue weighted by Gasteiger charge is -2.35. The highest BCUT2D eigenvalue weighted by Crippen LogP contribution is 2.24. The Morgan fingerprint density at radius 3 is 2.62 bits per heavy atom. The Bertz CT molecular complexity index is 1140. The Hall–Kier alpha value is -3.25. The number of carbonyl (C=O) groups excluding carboxylic acids is 1. The molecule has 1 saturated heterocycles. The number of aromatic nitrogens is 2. The van der Waals surface area contributed by atoms with E-state index in [1.807, 2.05) is 70.3 Å². The minimum atomic E-state index is -0.0703. The standard InChI is InChI=1S/C22H19ClN4O2/c23-17-5-3-6-18(15-17)27-9-8-24-22(27)26-12-10-25(11-13-26)21(28)20-14-16-4-1-2-7-19(16)29-20/h1-9,14-15H,10-13H2. The van der Waals surface area contributed by atoms with E-state index >= 15 is 0 Å². The number of amides is 1. The van der Waals surface area contributed by atoms with E-state index in [1.54, 1.807) is 6.20 Å². The van der Waals surface area contributed by atoms with Gasteiger partial charge in [0.2, 0.25) is 5.95 Å². The molecule has 0 atom stereocenters. The number of rotatable bonds is 3. The summed E-state index contributed by atoms with van der Waals surface area (Å²) < 4.78 is 7.75. The molecule has 0 spiro atoms. The van der Waals surface area contributed by atoms with Crippen molar-refractivity contribution in [1.82, 2.24) is 14.5 Å². The number of furan rings is 1. The zero-order chi connectivity index (χ0) is 19.8. The molecule has 3 heterocycles. The number of imidazole rings is 1. The maximum atomic E-state index is 12.9. The van der Waals surface area contributed by atoms with Gasteiger partial charge in [-0.2, -0.15) is 0 Å². The molecule has 0 aliphatic carbocycles. The van der Waals surface area contributed by atoms with Crippen LogP contribution in [0.3, 0.4) is 0 Å². The fourth-order valence-electron chi connectivity index (χ4n) is 3.71. The summed E-state index contributed by atoms with van der Waals surface area (Å²) in [5, 5.41) is 1.63. The molecular weight excluding hydrogens is 388 g/mol. The van der Waals surface area contributed by atoms with Gasteiger partial charge in [-0.1, -0.05) is 35.9 Å². The maximum absolute atomic E-state index is 12.9. The molecule has 5 rings (SSSR count). The Balaban J connectivity index is 1.31. The third-order valence-corrected chi connectivity index (χ3v) is 5.43. The van der Waals surface area contributed by atoms with E-state index in [9.17, 15) is 4.79 Å². The highest BCUT2D eigenvalue weighted by molar-refractivity contribution is 6.30. The molecule has 0 unspecified atom stereocenters. The molecule has 0 N–H and O–H groups in total. The van der Waals surface area contributed by atoms with E-state index in [2.05, 4.69) is 9.88 Å². The lowest BCUT2D eigenvalue weighted by molar-refractivity contribution is 0.0716. The highest BCUT2D eigenvalue weighted by Gasteiger charge is 2.26. The van der Waals surface area contributed by atoms with Crippen LogP contribution >= 0.6 is 11.6 Å². The Morgan fingerprint density at radius 2 is 1.83 bits per heavy atom. The summed E-state index contributed by atoms with van der Waals surface area (Å²) in [6.45, 7) is 2.61. The fourth-order valence-corrected chi connectivity index (χ4v) is 3.89. The molecule has 29 heavy (non-hydrogen) atoms. The SMILES string of the molecule is O=C(c1cc2ccccc2o1)N1CCN(c2nccn2-c2cccc(Cl)c2)CC1. The van der Waals surface area contributed by atoms with E-state index in [0.29, 0.717) is 37.0 Å². The number of para-hydroxylation sites is 1. The van der Waals surface area contributed by atoms with Crippen molar-refractivity contribution in [2.24, 2.45) is 0 Å². The van der Waals surface area contributed by atoms with Crippen molar-refractivity contribution in [2.45, 2.75) is 0 Å². The van der Waals surface area contributed by atoms with Crippen LogP contribution in [0, 0.1) is 0 Å². The van der Waals surface area contributed by atoms with Crippen LogP contribution in [-0.4, -0.2) is 46.5 Å². The lowest BCUT2D eigenvalue weighted by Crippen LogP contribution is -2.49. The molecular formula is C22H19ClN4O2. The molecule has 7 heteroatoms. The van der Waals surface area contributed by atoms with Gasteiger partial charge in [0, 0.05) is 54.7 Å². The van der Waals surface area contributed by atoms with Crippen molar-refractivity contribution < 1.29 is 9.21 Å². The molecule has 4 aromatic rings. The van der Waals surface area contributed by atoms with Gasteiger partial charge in [0.15, 0.2) is 5.76 Å². The predicted molar refractivity (Wildman–Crippen MR) is 113 cm³/mol. The van der Waals surface area contributed by atoms with Crippen LogP contribution in [0.5, 0.6) is 0 Å². The summed E-state index contributed by atoms with van der Waals surface area (Å²) >= 11 is 6.14. The van der Waals surface area contributed by atoms with Crippen LogP contribution in [0.2, 0.25) is 5.02 Å². The average molecular weight is 407 g/mol. The molecule has 0 radical (unpaired) electrons. The molecule has 2 aromatic carbocycles. The molecule has 6 nitrogen and oxygen atoms in total. The third-order valence-electron chi connectivity index (χ3n) is 5.19. The van der Waals surface area contributed by atoms with E-state index in [-0.39, 0.29) is 5.91 Å². The predicted octanol–water partition coefficient (Wildman–Crippen LogP) is 4.23. The Labute approximate surface area is 172 Å². The van der Waals surface area contributed by atoms with Gasteiger partial charge in [-0.05, 0) is 30.3 Å².